The zero-order valence-electron chi connectivity index (χ0n) is 13.1. The Morgan fingerprint density at radius 2 is 1.70 bits per heavy atom. The van der Waals surface area contributed by atoms with Crippen LogP contribution in [0.15, 0.2) is 0 Å². The minimum absolute atomic E-state index is 0.247. The van der Waals surface area contributed by atoms with Gasteiger partial charge in [0.15, 0.2) is 0 Å². The summed E-state index contributed by atoms with van der Waals surface area (Å²) in [6.07, 6.45) is 0.247. The number of methoxy groups -OCH3 is 1. The summed E-state index contributed by atoms with van der Waals surface area (Å²) in [5.41, 5.74) is 0. The standard InChI is InChI=1S/C14H28N2O4/c1-9(2)11(10(3)4)8-15-14(19)16-12(13(17)18)6-7-20-5/h9-12H,6-8H2,1-5H3,(H,17,18)(H2,15,16,19). The fourth-order valence-corrected chi connectivity index (χ4v) is 2.15. The third kappa shape index (κ3) is 7.33. The van der Waals surface area contributed by atoms with Crippen LogP contribution >= 0.6 is 0 Å². The Balaban J connectivity index is 4.28. The van der Waals surface area contributed by atoms with Gasteiger partial charge in [-0.05, 0) is 17.8 Å². The summed E-state index contributed by atoms with van der Waals surface area (Å²) in [6.45, 7) is 9.28. The summed E-state index contributed by atoms with van der Waals surface area (Å²) >= 11 is 0. The Kier molecular flexibility index (Phi) is 8.96. The van der Waals surface area contributed by atoms with E-state index in [1.165, 1.54) is 7.11 Å². The number of carboxylic acids is 1. The van der Waals surface area contributed by atoms with Crippen LogP contribution in [0.5, 0.6) is 0 Å². The van der Waals surface area contributed by atoms with Gasteiger partial charge in [-0.15, -0.1) is 0 Å². The van der Waals surface area contributed by atoms with Gasteiger partial charge in [-0.2, -0.15) is 0 Å². The molecule has 0 spiro atoms. The smallest absolute Gasteiger partial charge is 0.326 e. The number of carbonyl (C=O) groups excluding carboxylic acids is 1. The van der Waals surface area contributed by atoms with Crippen LogP contribution < -0.4 is 10.6 Å². The summed E-state index contributed by atoms with van der Waals surface area (Å²) in [4.78, 5) is 22.7. The second kappa shape index (κ2) is 9.58. The van der Waals surface area contributed by atoms with E-state index in [-0.39, 0.29) is 13.0 Å². The van der Waals surface area contributed by atoms with Crippen molar-refractivity contribution in [2.24, 2.45) is 17.8 Å². The number of hydrogen-bond donors (Lipinski definition) is 3. The maximum atomic E-state index is 11.7. The summed E-state index contributed by atoms with van der Waals surface area (Å²) in [5, 5.41) is 14.2. The summed E-state index contributed by atoms with van der Waals surface area (Å²) in [7, 11) is 1.49. The van der Waals surface area contributed by atoms with E-state index in [0.717, 1.165) is 0 Å². The summed E-state index contributed by atoms with van der Waals surface area (Å²) in [6, 6.07) is -1.37. The number of amides is 2. The molecule has 0 heterocycles. The number of carboxylic acid groups (broad SMARTS) is 1. The first-order chi connectivity index (χ1) is 9.29. The fourth-order valence-electron chi connectivity index (χ4n) is 2.15. The molecule has 0 aliphatic heterocycles. The van der Waals surface area contributed by atoms with Crippen molar-refractivity contribution in [1.29, 1.82) is 0 Å². The zero-order valence-corrected chi connectivity index (χ0v) is 13.1. The minimum atomic E-state index is -1.05. The van der Waals surface area contributed by atoms with E-state index in [0.29, 0.717) is 24.3 Å². The molecular weight excluding hydrogens is 260 g/mol. The molecule has 6 nitrogen and oxygen atoms in total. The van der Waals surface area contributed by atoms with E-state index in [1.54, 1.807) is 0 Å². The summed E-state index contributed by atoms with van der Waals surface area (Å²) < 4.78 is 4.83. The molecule has 0 saturated heterocycles. The molecule has 20 heavy (non-hydrogen) atoms. The highest BCUT2D eigenvalue weighted by Gasteiger charge is 2.21. The Morgan fingerprint density at radius 3 is 2.10 bits per heavy atom. The largest absolute Gasteiger partial charge is 0.480 e. The zero-order chi connectivity index (χ0) is 15.7. The monoisotopic (exact) mass is 288 g/mol. The quantitative estimate of drug-likeness (QED) is 0.602. The van der Waals surface area contributed by atoms with Crippen molar-refractivity contribution in [3.63, 3.8) is 0 Å². The van der Waals surface area contributed by atoms with Gasteiger partial charge in [-0.25, -0.2) is 9.59 Å². The lowest BCUT2D eigenvalue weighted by molar-refractivity contribution is -0.139. The van der Waals surface area contributed by atoms with Gasteiger partial charge in [0, 0.05) is 26.7 Å². The number of carbonyl (C=O) groups is 2. The van der Waals surface area contributed by atoms with Gasteiger partial charge in [0.25, 0.3) is 0 Å². The highest BCUT2D eigenvalue weighted by molar-refractivity contribution is 5.82. The van der Waals surface area contributed by atoms with Gasteiger partial charge in [-0.3, -0.25) is 0 Å². The SMILES string of the molecule is COCCC(NC(=O)NCC(C(C)C)C(C)C)C(=O)O. The Hall–Kier alpha value is -1.30. The second-order valence-electron chi connectivity index (χ2n) is 5.68. The van der Waals surface area contributed by atoms with Crippen LogP contribution in [0.25, 0.3) is 0 Å². The highest BCUT2D eigenvalue weighted by atomic mass is 16.5. The van der Waals surface area contributed by atoms with E-state index in [4.69, 9.17) is 9.84 Å². The van der Waals surface area contributed by atoms with Gasteiger partial charge >= 0.3 is 12.0 Å². The molecule has 0 bridgehead atoms. The number of ether oxygens (including phenoxy) is 1. The van der Waals surface area contributed by atoms with Crippen molar-refractivity contribution in [2.45, 2.75) is 40.2 Å². The Morgan fingerprint density at radius 1 is 1.15 bits per heavy atom. The van der Waals surface area contributed by atoms with Crippen LogP contribution in [-0.4, -0.2) is 43.4 Å². The predicted molar refractivity (Wildman–Crippen MR) is 77.6 cm³/mol. The molecule has 2 amide bonds. The van der Waals surface area contributed by atoms with Gasteiger partial charge < -0.3 is 20.5 Å². The molecule has 1 atom stereocenters. The average Bonchev–Trinajstić information content (AvgIpc) is 2.33. The molecule has 6 heteroatoms. The number of nitrogens with one attached hydrogen (secondary N) is 2. The fraction of sp³-hybridized carbons (Fsp3) is 0.857. The van der Waals surface area contributed by atoms with Crippen LogP contribution in [0.4, 0.5) is 4.79 Å². The molecule has 0 aromatic rings. The molecule has 0 fully saturated rings. The Labute approximate surface area is 121 Å². The third-order valence-electron chi connectivity index (χ3n) is 3.43. The van der Waals surface area contributed by atoms with E-state index in [1.807, 2.05) is 0 Å². The van der Waals surface area contributed by atoms with Crippen molar-refractivity contribution < 1.29 is 19.4 Å². The van der Waals surface area contributed by atoms with Crippen molar-refractivity contribution >= 4 is 12.0 Å². The molecule has 0 rings (SSSR count). The van der Waals surface area contributed by atoms with Gasteiger partial charge in [0.1, 0.15) is 6.04 Å². The highest BCUT2D eigenvalue weighted by Crippen LogP contribution is 2.19. The molecule has 0 saturated carbocycles. The predicted octanol–water partition coefficient (Wildman–Crippen LogP) is 1.70. The third-order valence-corrected chi connectivity index (χ3v) is 3.43. The van der Waals surface area contributed by atoms with Crippen molar-refractivity contribution in [3.8, 4) is 0 Å². The first-order valence-electron chi connectivity index (χ1n) is 7.05. The van der Waals surface area contributed by atoms with Crippen LogP contribution in [0.3, 0.4) is 0 Å². The lowest BCUT2D eigenvalue weighted by Gasteiger charge is -2.25. The van der Waals surface area contributed by atoms with Crippen molar-refractivity contribution in [3.05, 3.63) is 0 Å². The van der Waals surface area contributed by atoms with Gasteiger partial charge in [0.05, 0.1) is 0 Å². The normalized spacial score (nSPS) is 12.8. The second-order valence-corrected chi connectivity index (χ2v) is 5.68. The van der Waals surface area contributed by atoms with Crippen molar-refractivity contribution in [1.82, 2.24) is 10.6 Å². The molecule has 3 N–H and O–H groups in total. The maximum Gasteiger partial charge on any atom is 0.326 e. The minimum Gasteiger partial charge on any atom is -0.480 e. The molecule has 0 aliphatic rings. The van der Waals surface area contributed by atoms with E-state index in [2.05, 4.69) is 38.3 Å². The lowest BCUT2D eigenvalue weighted by atomic mass is 9.85. The molecule has 1 unspecified atom stereocenters. The maximum absolute atomic E-state index is 11.7. The average molecular weight is 288 g/mol. The number of hydrogen-bond acceptors (Lipinski definition) is 3. The van der Waals surface area contributed by atoms with Crippen molar-refractivity contribution in [2.75, 3.05) is 20.3 Å². The molecule has 0 radical (unpaired) electrons. The van der Waals surface area contributed by atoms with Gasteiger partial charge in [-0.1, -0.05) is 27.7 Å². The van der Waals surface area contributed by atoms with E-state index >= 15 is 0 Å². The van der Waals surface area contributed by atoms with Crippen LogP contribution in [0.1, 0.15) is 34.1 Å². The first-order valence-corrected chi connectivity index (χ1v) is 7.05. The first kappa shape index (κ1) is 18.7. The van der Waals surface area contributed by atoms with Crippen LogP contribution in [0.2, 0.25) is 0 Å². The van der Waals surface area contributed by atoms with E-state index < -0.39 is 18.0 Å². The van der Waals surface area contributed by atoms with E-state index in [9.17, 15) is 9.59 Å². The molecule has 0 aliphatic carbocycles. The Bertz CT molecular complexity index is 298. The van der Waals surface area contributed by atoms with Crippen LogP contribution in [0, 0.1) is 17.8 Å². The number of urea groups is 1. The molecule has 0 aromatic heterocycles. The molecular formula is C14H28N2O4. The van der Waals surface area contributed by atoms with Crippen LogP contribution in [-0.2, 0) is 9.53 Å². The molecule has 0 aromatic carbocycles. The number of rotatable bonds is 9. The molecule has 118 valence electrons. The topological polar surface area (TPSA) is 87.7 Å². The summed E-state index contributed by atoms with van der Waals surface area (Å²) in [5.74, 6) is 0.225. The number of aliphatic carboxylic acids is 1. The van der Waals surface area contributed by atoms with Gasteiger partial charge in [0.2, 0.25) is 0 Å². The lowest BCUT2D eigenvalue weighted by Crippen LogP contribution is -2.48.